The number of aromatic nitrogens is 2. The van der Waals surface area contributed by atoms with E-state index in [1.54, 1.807) is 30.2 Å². The van der Waals surface area contributed by atoms with Gasteiger partial charge in [0.1, 0.15) is 11.5 Å². The average molecular weight is 323 g/mol. The molecule has 1 aliphatic rings. The van der Waals surface area contributed by atoms with Crippen LogP contribution in [-0.4, -0.2) is 35.7 Å². The largest absolute Gasteiger partial charge is 0.497 e. The first-order chi connectivity index (χ1) is 10.3. The third-order valence-corrected chi connectivity index (χ3v) is 4.90. The number of hydrogen-bond acceptors (Lipinski definition) is 7. The summed E-state index contributed by atoms with van der Waals surface area (Å²) in [6, 6.07) is 8.22. The van der Waals surface area contributed by atoms with E-state index in [2.05, 4.69) is 15.5 Å². The van der Waals surface area contributed by atoms with E-state index in [1.165, 1.54) is 12.8 Å². The molecule has 0 spiro atoms. The molecule has 0 bridgehead atoms. The number of nitrogens with zero attached hydrogens (tertiary/aromatic N) is 2. The third kappa shape index (κ3) is 4.50. The lowest BCUT2D eigenvalue weighted by Gasteiger charge is -2.05. The normalized spacial score (nSPS) is 14.0. The van der Waals surface area contributed by atoms with E-state index in [0.717, 1.165) is 26.7 Å². The van der Waals surface area contributed by atoms with Crippen molar-refractivity contribution in [1.29, 1.82) is 0 Å². The standard InChI is InChI=1S/C14H17N3O2S2/c1-18-11-4-6-12(7-5-11)19-8-9-20-14-17-16-13(21-14)15-10-2-3-10/h4-7,10H,2-3,8-9H2,1H3,(H,15,16). The molecule has 0 radical (unpaired) electrons. The lowest BCUT2D eigenvalue weighted by atomic mass is 10.3. The molecule has 5 nitrogen and oxygen atoms in total. The van der Waals surface area contributed by atoms with Crippen molar-refractivity contribution in [3.8, 4) is 11.5 Å². The van der Waals surface area contributed by atoms with Crippen LogP contribution in [0.2, 0.25) is 0 Å². The van der Waals surface area contributed by atoms with Crippen molar-refractivity contribution >= 4 is 28.2 Å². The van der Waals surface area contributed by atoms with Crippen molar-refractivity contribution in [2.24, 2.45) is 0 Å². The topological polar surface area (TPSA) is 56.3 Å². The number of anilines is 1. The molecule has 1 aromatic heterocycles. The molecule has 1 fully saturated rings. The minimum atomic E-state index is 0.620. The van der Waals surface area contributed by atoms with Crippen LogP contribution in [0, 0.1) is 0 Å². The van der Waals surface area contributed by atoms with Gasteiger partial charge in [0.05, 0.1) is 13.7 Å². The molecule has 0 saturated heterocycles. The fraction of sp³-hybridized carbons (Fsp3) is 0.429. The minimum absolute atomic E-state index is 0.620. The smallest absolute Gasteiger partial charge is 0.206 e. The molecule has 7 heteroatoms. The maximum absolute atomic E-state index is 5.67. The van der Waals surface area contributed by atoms with Crippen molar-refractivity contribution < 1.29 is 9.47 Å². The molecule has 1 saturated carbocycles. The van der Waals surface area contributed by atoms with Gasteiger partial charge in [-0.1, -0.05) is 23.1 Å². The summed E-state index contributed by atoms with van der Waals surface area (Å²) in [4.78, 5) is 0. The van der Waals surface area contributed by atoms with Crippen LogP contribution >= 0.6 is 23.1 Å². The molecule has 0 atom stereocenters. The van der Waals surface area contributed by atoms with E-state index in [4.69, 9.17) is 9.47 Å². The lowest BCUT2D eigenvalue weighted by Crippen LogP contribution is -1.99. The van der Waals surface area contributed by atoms with Gasteiger partial charge in [0, 0.05) is 11.8 Å². The van der Waals surface area contributed by atoms with Gasteiger partial charge < -0.3 is 14.8 Å². The lowest BCUT2D eigenvalue weighted by molar-refractivity contribution is 0.342. The number of benzene rings is 1. The Morgan fingerprint density at radius 1 is 1.24 bits per heavy atom. The summed E-state index contributed by atoms with van der Waals surface area (Å²) < 4.78 is 11.8. The molecule has 1 aliphatic carbocycles. The van der Waals surface area contributed by atoms with Crippen molar-refractivity contribution in [2.45, 2.75) is 23.2 Å². The van der Waals surface area contributed by atoms with Gasteiger partial charge in [-0.2, -0.15) is 0 Å². The highest BCUT2D eigenvalue weighted by Crippen LogP contribution is 2.30. The second-order valence-corrected chi connectivity index (χ2v) is 6.98. The summed E-state index contributed by atoms with van der Waals surface area (Å²) >= 11 is 3.28. The van der Waals surface area contributed by atoms with Gasteiger partial charge in [0.2, 0.25) is 5.13 Å². The van der Waals surface area contributed by atoms with E-state index in [1.807, 2.05) is 24.3 Å². The van der Waals surface area contributed by atoms with E-state index in [0.29, 0.717) is 12.6 Å². The van der Waals surface area contributed by atoms with Crippen LogP contribution in [0.1, 0.15) is 12.8 Å². The summed E-state index contributed by atoms with van der Waals surface area (Å²) in [7, 11) is 1.65. The molecule has 0 unspecified atom stereocenters. The molecular weight excluding hydrogens is 306 g/mol. The van der Waals surface area contributed by atoms with E-state index < -0.39 is 0 Å². The van der Waals surface area contributed by atoms with Crippen LogP contribution in [0.3, 0.4) is 0 Å². The highest BCUT2D eigenvalue weighted by Gasteiger charge is 2.22. The average Bonchev–Trinajstić information content (AvgIpc) is 3.22. The zero-order valence-electron chi connectivity index (χ0n) is 11.7. The van der Waals surface area contributed by atoms with Crippen molar-refractivity contribution in [1.82, 2.24) is 10.2 Å². The summed E-state index contributed by atoms with van der Waals surface area (Å²) in [6.07, 6.45) is 2.50. The minimum Gasteiger partial charge on any atom is -0.497 e. The second kappa shape index (κ2) is 7.00. The summed E-state index contributed by atoms with van der Waals surface area (Å²) in [5, 5.41) is 12.6. The number of ether oxygens (including phenoxy) is 2. The molecule has 1 aromatic carbocycles. The fourth-order valence-electron chi connectivity index (χ4n) is 1.69. The molecule has 0 aliphatic heterocycles. The molecule has 21 heavy (non-hydrogen) atoms. The number of nitrogens with one attached hydrogen (secondary N) is 1. The molecule has 112 valence electrons. The van der Waals surface area contributed by atoms with Gasteiger partial charge in [0.15, 0.2) is 4.34 Å². The van der Waals surface area contributed by atoms with Crippen molar-refractivity contribution in [3.63, 3.8) is 0 Å². The molecule has 2 aromatic rings. The number of thioether (sulfide) groups is 1. The Kier molecular flexibility index (Phi) is 4.82. The van der Waals surface area contributed by atoms with Crippen LogP contribution in [0.5, 0.6) is 11.5 Å². The Morgan fingerprint density at radius 2 is 2.00 bits per heavy atom. The highest BCUT2D eigenvalue weighted by atomic mass is 32.2. The molecular formula is C14H17N3O2S2. The predicted molar refractivity (Wildman–Crippen MR) is 85.8 cm³/mol. The predicted octanol–water partition coefficient (Wildman–Crippen LogP) is 3.29. The van der Waals surface area contributed by atoms with Crippen LogP contribution in [0.4, 0.5) is 5.13 Å². The first-order valence-corrected chi connectivity index (χ1v) is 8.63. The van der Waals surface area contributed by atoms with Gasteiger partial charge in [-0.15, -0.1) is 10.2 Å². The highest BCUT2D eigenvalue weighted by molar-refractivity contribution is 8.01. The van der Waals surface area contributed by atoms with E-state index in [9.17, 15) is 0 Å². The van der Waals surface area contributed by atoms with Gasteiger partial charge >= 0.3 is 0 Å². The van der Waals surface area contributed by atoms with Crippen molar-refractivity contribution in [2.75, 3.05) is 24.8 Å². The quantitative estimate of drug-likeness (QED) is 0.594. The first kappa shape index (κ1) is 14.5. The zero-order valence-corrected chi connectivity index (χ0v) is 13.4. The maximum Gasteiger partial charge on any atom is 0.206 e. The molecule has 1 N–H and O–H groups in total. The van der Waals surface area contributed by atoms with E-state index >= 15 is 0 Å². The fourth-order valence-corrected chi connectivity index (χ4v) is 3.41. The van der Waals surface area contributed by atoms with Gasteiger partial charge in [0.25, 0.3) is 0 Å². The number of methoxy groups -OCH3 is 1. The maximum atomic E-state index is 5.67. The third-order valence-electron chi connectivity index (χ3n) is 2.95. The summed E-state index contributed by atoms with van der Waals surface area (Å²) in [5.41, 5.74) is 0. The zero-order chi connectivity index (χ0) is 14.5. The number of rotatable bonds is 8. The summed E-state index contributed by atoms with van der Waals surface area (Å²) in [6.45, 7) is 0.641. The van der Waals surface area contributed by atoms with Crippen LogP contribution < -0.4 is 14.8 Å². The Balaban J connectivity index is 1.37. The first-order valence-electron chi connectivity index (χ1n) is 6.83. The SMILES string of the molecule is COc1ccc(OCCSc2nnc(NC3CC3)s2)cc1. The Hall–Kier alpha value is -1.47. The van der Waals surface area contributed by atoms with Crippen molar-refractivity contribution in [3.05, 3.63) is 24.3 Å². The Morgan fingerprint density at radius 3 is 2.71 bits per heavy atom. The second-order valence-electron chi connectivity index (χ2n) is 4.66. The van der Waals surface area contributed by atoms with Crippen LogP contribution in [0.25, 0.3) is 0 Å². The van der Waals surface area contributed by atoms with E-state index in [-0.39, 0.29) is 0 Å². The number of hydrogen-bond donors (Lipinski definition) is 1. The van der Waals surface area contributed by atoms with Crippen LogP contribution in [-0.2, 0) is 0 Å². The molecule has 3 rings (SSSR count). The van der Waals surface area contributed by atoms with Gasteiger partial charge in [-0.25, -0.2) is 0 Å². The van der Waals surface area contributed by atoms with Gasteiger partial charge in [-0.3, -0.25) is 0 Å². The summed E-state index contributed by atoms with van der Waals surface area (Å²) in [5.74, 6) is 2.54. The molecule has 1 heterocycles. The van der Waals surface area contributed by atoms with Gasteiger partial charge in [-0.05, 0) is 37.1 Å². The van der Waals surface area contributed by atoms with Crippen LogP contribution in [0.15, 0.2) is 28.6 Å². The Labute approximate surface area is 132 Å². The monoisotopic (exact) mass is 323 g/mol. The molecule has 0 amide bonds. The Bertz CT molecular complexity index is 570.